The monoisotopic (exact) mass is 495 g/mol. The summed E-state index contributed by atoms with van der Waals surface area (Å²) >= 11 is 6.24. The fourth-order valence-corrected chi connectivity index (χ4v) is 4.11. The number of carbonyl (C=O) groups is 2. The first-order chi connectivity index (χ1) is 17.0. The van der Waals surface area contributed by atoms with Crippen molar-refractivity contribution in [1.29, 1.82) is 0 Å². The van der Waals surface area contributed by atoms with Gasteiger partial charge in [-0.05, 0) is 54.1 Å². The van der Waals surface area contributed by atoms with E-state index in [1.165, 1.54) is 9.91 Å². The average Bonchev–Trinajstić information content (AvgIpc) is 3.57. The lowest BCUT2D eigenvalue weighted by atomic mass is 10.0. The number of furan rings is 1. The number of hydrogen-bond acceptors (Lipinski definition) is 6. The van der Waals surface area contributed by atoms with E-state index < -0.39 is 6.04 Å². The van der Waals surface area contributed by atoms with Gasteiger partial charge in [-0.2, -0.15) is 5.10 Å². The molecular weight excluding hydrogens is 470 g/mol. The molecule has 182 valence electrons. The highest BCUT2D eigenvalue weighted by Crippen LogP contribution is 2.33. The summed E-state index contributed by atoms with van der Waals surface area (Å²) in [7, 11) is 3.15. The molecular formula is C26H26ClN3O5. The van der Waals surface area contributed by atoms with Crippen LogP contribution in [0.3, 0.4) is 0 Å². The topological polar surface area (TPSA) is 84.6 Å². The Morgan fingerprint density at radius 3 is 2.54 bits per heavy atom. The predicted molar refractivity (Wildman–Crippen MR) is 132 cm³/mol. The van der Waals surface area contributed by atoms with Gasteiger partial charge in [-0.25, -0.2) is 5.01 Å². The standard InChI is InChI=1S/C26H26ClN3O5/c1-33-15-13-29(26(32)20-6-3-4-7-21(20)27)17-25(31)30-23(24-8-5-14-35-24)16-22(28-30)18-9-11-19(34-2)12-10-18/h3-12,14,23H,13,15-17H2,1-2H3. The number of hydrazone groups is 1. The molecule has 0 bridgehead atoms. The van der Waals surface area contributed by atoms with Crippen LogP contribution in [0.4, 0.5) is 0 Å². The number of amides is 2. The molecule has 0 radical (unpaired) electrons. The van der Waals surface area contributed by atoms with Crippen molar-refractivity contribution < 1.29 is 23.5 Å². The second kappa shape index (κ2) is 11.2. The molecule has 2 heterocycles. The van der Waals surface area contributed by atoms with Gasteiger partial charge in [-0.15, -0.1) is 0 Å². The second-order valence-electron chi connectivity index (χ2n) is 7.95. The van der Waals surface area contributed by atoms with Gasteiger partial charge < -0.3 is 18.8 Å². The van der Waals surface area contributed by atoms with E-state index in [9.17, 15) is 9.59 Å². The van der Waals surface area contributed by atoms with Crippen molar-refractivity contribution in [2.24, 2.45) is 5.10 Å². The van der Waals surface area contributed by atoms with Gasteiger partial charge in [0, 0.05) is 20.1 Å². The Hall–Kier alpha value is -3.62. The van der Waals surface area contributed by atoms with Gasteiger partial charge in [0.15, 0.2) is 0 Å². The van der Waals surface area contributed by atoms with Crippen molar-refractivity contribution >= 4 is 29.1 Å². The van der Waals surface area contributed by atoms with Crippen molar-refractivity contribution in [3.05, 3.63) is 88.8 Å². The Morgan fingerprint density at radius 1 is 1.11 bits per heavy atom. The van der Waals surface area contributed by atoms with Crippen LogP contribution in [0, 0.1) is 0 Å². The maximum Gasteiger partial charge on any atom is 0.262 e. The quantitative estimate of drug-likeness (QED) is 0.439. The molecule has 9 heteroatoms. The number of nitrogens with zero attached hydrogens (tertiary/aromatic N) is 3. The summed E-state index contributed by atoms with van der Waals surface area (Å²) < 4.78 is 16.0. The zero-order chi connectivity index (χ0) is 24.8. The maximum atomic E-state index is 13.5. The first-order valence-corrected chi connectivity index (χ1v) is 11.5. The summed E-state index contributed by atoms with van der Waals surface area (Å²) in [4.78, 5) is 28.2. The predicted octanol–water partition coefficient (Wildman–Crippen LogP) is 4.41. The van der Waals surface area contributed by atoms with Crippen LogP contribution in [0.25, 0.3) is 0 Å². The lowest BCUT2D eigenvalue weighted by Gasteiger charge is -2.26. The highest BCUT2D eigenvalue weighted by Gasteiger charge is 2.36. The van der Waals surface area contributed by atoms with E-state index in [0.717, 1.165) is 17.0 Å². The molecule has 2 amide bonds. The third-order valence-electron chi connectivity index (χ3n) is 5.74. The van der Waals surface area contributed by atoms with E-state index in [-0.39, 0.29) is 31.5 Å². The Balaban J connectivity index is 1.60. The fourth-order valence-electron chi connectivity index (χ4n) is 3.90. The lowest BCUT2D eigenvalue weighted by molar-refractivity contribution is -0.134. The Kier molecular flexibility index (Phi) is 7.84. The summed E-state index contributed by atoms with van der Waals surface area (Å²) in [6, 6.07) is 17.4. The molecule has 0 spiro atoms. The van der Waals surface area contributed by atoms with Gasteiger partial charge in [0.05, 0.1) is 36.3 Å². The first kappa shape index (κ1) is 24.5. The molecule has 8 nitrogen and oxygen atoms in total. The third kappa shape index (κ3) is 5.55. The molecule has 1 unspecified atom stereocenters. The van der Waals surface area contributed by atoms with Crippen LogP contribution < -0.4 is 4.74 Å². The fraction of sp³-hybridized carbons (Fsp3) is 0.269. The Labute approximate surface area is 208 Å². The van der Waals surface area contributed by atoms with Crippen LogP contribution in [-0.4, -0.2) is 61.4 Å². The third-order valence-corrected chi connectivity index (χ3v) is 6.07. The number of ether oxygens (including phenoxy) is 2. The zero-order valence-corrected chi connectivity index (χ0v) is 20.3. The van der Waals surface area contributed by atoms with E-state index in [1.807, 2.05) is 30.3 Å². The summed E-state index contributed by atoms with van der Waals surface area (Å²) in [5, 5.41) is 6.36. The van der Waals surface area contributed by atoms with E-state index in [2.05, 4.69) is 5.10 Å². The van der Waals surface area contributed by atoms with E-state index in [1.54, 1.807) is 50.8 Å². The minimum atomic E-state index is -0.422. The molecule has 2 aromatic carbocycles. The largest absolute Gasteiger partial charge is 0.497 e. The van der Waals surface area contributed by atoms with Gasteiger partial charge in [-0.3, -0.25) is 9.59 Å². The summed E-state index contributed by atoms with van der Waals surface area (Å²) in [5.41, 5.74) is 1.94. The van der Waals surface area contributed by atoms with Crippen LogP contribution in [0.1, 0.15) is 34.1 Å². The van der Waals surface area contributed by atoms with Gasteiger partial charge in [0.25, 0.3) is 11.8 Å². The molecule has 1 aromatic heterocycles. The number of hydrogen-bond donors (Lipinski definition) is 0. The lowest BCUT2D eigenvalue weighted by Crippen LogP contribution is -2.42. The van der Waals surface area contributed by atoms with Gasteiger partial charge in [0.1, 0.15) is 24.1 Å². The Morgan fingerprint density at radius 2 is 1.89 bits per heavy atom. The number of halogens is 1. The number of rotatable bonds is 9. The van der Waals surface area contributed by atoms with Crippen LogP contribution in [-0.2, 0) is 9.53 Å². The molecule has 1 atom stereocenters. The number of methoxy groups -OCH3 is 2. The molecule has 1 aliphatic heterocycles. The highest BCUT2D eigenvalue weighted by atomic mass is 35.5. The van der Waals surface area contributed by atoms with Crippen molar-refractivity contribution in [3.8, 4) is 5.75 Å². The molecule has 1 aliphatic rings. The molecule has 0 N–H and O–H groups in total. The van der Waals surface area contributed by atoms with Crippen molar-refractivity contribution in [3.63, 3.8) is 0 Å². The smallest absolute Gasteiger partial charge is 0.262 e. The molecule has 0 fully saturated rings. The molecule has 0 saturated heterocycles. The molecule has 0 aliphatic carbocycles. The molecule has 35 heavy (non-hydrogen) atoms. The van der Waals surface area contributed by atoms with Crippen molar-refractivity contribution in [2.75, 3.05) is 33.9 Å². The maximum absolute atomic E-state index is 13.5. The molecule has 4 rings (SSSR count). The van der Waals surface area contributed by atoms with Gasteiger partial charge >= 0.3 is 0 Å². The van der Waals surface area contributed by atoms with Crippen LogP contribution in [0.15, 0.2) is 76.4 Å². The minimum absolute atomic E-state index is 0.190. The average molecular weight is 496 g/mol. The molecule has 3 aromatic rings. The highest BCUT2D eigenvalue weighted by molar-refractivity contribution is 6.33. The summed E-state index contributed by atoms with van der Waals surface area (Å²) in [6.07, 6.45) is 2.04. The van der Waals surface area contributed by atoms with Crippen LogP contribution in [0.2, 0.25) is 5.02 Å². The van der Waals surface area contributed by atoms with E-state index in [4.69, 9.17) is 25.5 Å². The second-order valence-corrected chi connectivity index (χ2v) is 8.36. The summed E-state index contributed by atoms with van der Waals surface area (Å²) in [5.74, 6) is 0.654. The SMILES string of the molecule is COCCN(CC(=O)N1N=C(c2ccc(OC)cc2)CC1c1ccco1)C(=O)c1ccccc1Cl. The van der Waals surface area contributed by atoms with Gasteiger partial charge in [0.2, 0.25) is 0 Å². The number of carbonyl (C=O) groups excluding carboxylic acids is 2. The minimum Gasteiger partial charge on any atom is -0.497 e. The van der Waals surface area contributed by atoms with Crippen LogP contribution in [0.5, 0.6) is 5.75 Å². The normalized spacial score (nSPS) is 15.1. The number of benzene rings is 2. The van der Waals surface area contributed by atoms with Crippen molar-refractivity contribution in [2.45, 2.75) is 12.5 Å². The van der Waals surface area contributed by atoms with E-state index >= 15 is 0 Å². The van der Waals surface area contributed by atoms with Gasteiger partial charge in [-0.1, -0.05) is 23.7 Å². The van der Waals surface area contributed by atoms with E-state index in [0.29, 0.717) is 22.8 Å². The zero-order valence-electron chi connectivity index (χ0n) is 19.5. The first-order valence-electron chi connectivity index (χ1n) is 11.1. The Bertz CT molecular complexity index is 1190. The van der Waals surface area contributed by atoms with Crippen LogP contribution >= 0.6 is 11.6 Å². The summed E-state index contributed by atoms with van der Waals surface area (Å²) in [6.45, 7) is 0.302. The van der Waals surface area contributed by atoms with Crippen molar-refractivity contribution in [1.82, 2.24) is 9.91 Å². The molecule has 0 saturated carbocycles.